The topological polar surface area (TPSA) is 41.1 Å². The normalized spacial score (nSPS) is 9.93. The van der Waals surface area contributed by atoms with E-state index in [1.807, 2.05) is 0 Å². The van der Waals surface area contributed by atoms with Crippen LogP contribution in [-0.4, -0.2) is 19.5 Å². The molecule has 76 valence electrons. The summed E-state index contributed by atoms with van der Waals surface area (Å²) in [7, 11) is 1.71. The predicted octanol–water partition coefficient (Wildman–Crippen LogP) is 2.26. The molecule has 0 saturated carbocycles. The van der Waals surface area contributed by atoms with Crippen LogP contribution >= 0.6 is 27.5 Å². The Morgan fingerprint density at radius 3 is 2.93 bits per heavy atom. The number of benzene rings is 1. The third-order valence-corrected chi connectivity index (χ3v) is 2.96. The number of halogens is 2. The Morgan fingerprint density at radius 2 is 2.29 bits per heavy atom. The van der Waals surface area contributed by atoms with Crippen molar-refractivity contribution in [3.05, 3.63) is 27.7 Å². The fourth-order valence-electron chi connectivity index (χ4n) is 0.955. The maximum absolute atomic E-state index is 11.2. The summed E-state index contributed by atoms with van der Waals surface area (Å²) in [6, 6.07) is 5.31. The van der Waals surface area contributed by atoms with E-state index in [1.165, 1.54) is 0 Å². The number of hydrogen-bond donors (Lipinski definition) is 2. The lowest BCUT2D eigenvalue weighted by Crippen LogP contribution is -2.25. The number of likely N-dealkylation sites (N-methyl/N-ethyl adjacent to an activating group) is 1. The van der Waals surface area contributed by atoms with Gasteiger partial charge in [0.2, 0.25) is 5.91 Å². The van der Waals surface area contributed by atoms with Crippen LogP contribution in [0.15, 0.2) is 22.7 Å². The average molecular weight is 278 g/mol. The number of nitrogens with one attached hydrogen (secondary N) is 2. The molecule has 1 aromatic carbocycles. The van der Waals surface area contributed by atoms with Crippen LogP contribution in [0, 0.1) is 0 Å². The molecule has 0 spiro atoms. The molecule has 0 aliphatic rings. The third-order valence-electron chi connectivity index (χ3n) is 1.56. The number of rotatable bonds is 3. The van der Waals surface area contributed by atoms with Crippen LogP contribution in [-0.2, 0) is 4.79 Å². The van der Waals surface area contributed by atoms with E-state index in [1.54, 1.807) is 25.2 Å². The summed E-state index contributed by atoms with van der Waals surface area (Å²) in [5.41, 5.74) is 0.678. The van der Waals surface area contributed by atoms with E-state index in [9.17, 15) is 4.79 Å². The van der Waals surface area contributed by atoms with Crippen molar-refractivity contribution in [2.75, 3.05) is 18.9 Å². The van der Waals surface area contributed by atoms with Crippen LogP contribution in [0.4, 0.5) is 5.69 Å². The van der Waals surface area contributed by atoms with Crippen molar-refractivity contribution in [3.63, 3.8) is 0 Å². The highest BCUT2D eigenvalue weighted by Gasteiger charge is 2.06. The molecule has 0 unspecified atom stereocenters. The molecule has 0 atom stereocenters. The third kappa shape index (κ3) is 2.97. The van der Waals surface area contributed by atoms with E-state index in [4.69, 9.17) is 11.6 Å². The highest BCUT2D eigenvalue weighted by Crippen LogP contribution is 2.29. The quantitative estimate of drug-likeness (QED) is 0.890. The molecule has 1 aromatic rings. The van der Waals surface area contributed by atoms with Gasteiger partial charge in [-0.1, -0.05) is 17.7 Å². The summed E-state index contributed by atoms with van der Waals surface area (Å²) in [6.45, 7) is 0.277. The zero-order valence-corrected chi connectivity index (χ0v) is 9.95. The van der Waals surface area contributed by atoms with E-state index in [0.717, 1.165) is 0 Å². The summed E-state index contributed by atoms with van der Waals surface area (Å²) in [4.78, 5) is 11.2. The number of hydrogen-bond acceptors (Lipinski definition) is 2. The SMILES string of the molecule is CNCC(=O)Nc1cccc(Cl)c1Br. The van der Waals surface area contributed by atoms with E-state index in [2.05, 4.69) is 26.6 Å². The monoisotopic (exact) mass is 276 g/mol. The van der Waals surface area contributed by atoms with Gasteiger partial charge in [0.05, 0.1) is 21.7 Å². The molecule has 1 amide bonds. The van der Waals surface area contributed by atoms with Gasteiger partial charge in [-0.05, 0) is 35.1 Å². The summed E-state index contributed by atoms with van der Waals surface area (Å²) in [5.74, 6) is -0.101. The highest BCUT2D eigenvalue weighted by atomic mass is 79.9. The Hall–Kier alpha value is -0.580. The van der Waals surface area contributed by atoms with Crippen LogP contribution in [0.25, 0.3) is 0 Å². The second-order valence-corrected chi connectivity index (χ2v) is 3.88. The van der Waals surface area contributed by atoms with Crippen LogP contribution in [0.2, 0.25) is 5.02 Å². The molecule has 0 bridgehead atoms. The van der Waals surface area contributed by atoms with Gasteiger partial charge in [-0.3, -0.25) is 4.79 Å². The van der Waals surface area contributed by atoms with Gasteiger partial charge in [0, 0.05) is 0 Å². The molecule has 0 heterocycles. The zero-order valence-electron chi connectivity index (χ0n) is 7.60. The lowest BCUT2D eigenvalue weighted by atomic mass is 10.3. The Labute approximate surface area is 96.0 Å². The maximum atomic E-state index is 11.2. The van der Waals surface area contributed by atoms with E-state index < -0.39 is 0 Å². The maximum Gasteiger partial charge on any atom is 0.238 e. The molecule has 0 fully saturated rings. The van der Waals surface area contributed by atoms with E-state index in [0.29, 0.717) is 15.2 Å². The van der Waals surface area contributed by atoms with E-state index >= 15 is 0 Å². The molecule has 3 nitrogen and oxygen atoms in total. The molecule has 0 aliphatic carbocycles. The van der Waals surface area contributed by atoms with Crippen molar-refractivity contribution in [2.24, 2.45) is 0 Å². The van der Waals surface area contributed by atoms with Gasteiger partial charge in [0.25, 0.3) is 0 Å². The van der Waals surface area contributed by atoms with Crippen molar-refractivity contribution in [1.82, 2.24) is 5.32 Å². The van der Waals surface area contributed by atoms with Crippen LogP contribution in [0.5, 0.6) is 0 Å². The number of carbonyl (C=O) groups excluding carboxylic acids is 1. The molecule has 0 aliphatic heterocycles. The van der Waals surface area contributed by atoms with Crippen molar-refractivity contribution in [2.45, 2.75) is 0 Å². The van der Waals surface area contributed by atoms with Crippen molar-refractivity contribution >= 4 is 39.1 Å². The van der Waals surface area contributed by atoms with Crippen molar-refractivity contribution in [3.8, 4) is 0 Å². The first-order valence-electron chi connectivity index (χ1n) is 4.03. The first kappa shape index (κ1) is 11.5. The van der Waals surface area contributed by atoms with Gasteiger partial charge < -0.3 is 10.6 Å². The van der Waals surface area contributed by atoms with Gasteiger partial charge in [0.15, 0.2) is 0 Å². The summed E-state index contributed by atoms with van der Waals surface area (Å²) < 4.78 is 0.700. The first-order valence-corrected chi connectivity index (χ1v) is 5.20. The minimum Gasteiger partial charge on any atom is -0.324 e. The summed E-state index contributed by atoms with van der Waals surface area (Å²) >= 11 is 9.15. The van der Waals surface area contributed by atoms with Crippen molar-refractivity contribution in [1.29, 1.82) is 0 Å². The number of anilines is 1. The highest BCUT2D eigenvalue weighted by molar-refractivity contribution is 9.10. The van der Waals surface area contributed by atoms with Crippen LogP contribution in [0.1, 0.15) is 0 Å². The first-order chi connectivity index (χ1) is 6.65. The molecular weight excluding hydrogens is 267 g/mol. The number of carbonyl (C=O) groups is 1. The van der Waals surface area contributed by atoms with Gasteiger partial charge in [0.1, 0.15) is 0 Å². The zero-order chi connectivity index (χ0) is 10.6. The fourth-order valence-corrected chi connectivity index (χ4v) is 1.49. The molecule has 2 N–H and O–H groups in total. The molecule has 0 aromatic heterocycles. The van der Waals surface area contributed by atoms with E-state index in [-0.39, 0.29) is 12.5 Å². The molecule has 0 saturated heterocycles. The lowest BCUT2D eigenvalue weighted by Gasteiger charge is -2.07. The average Bonchev–Trinajstić information content (AvgIpc) is 2.13. The van der Waals surface area contributed by atoms with Gasteiger partial charge >= 0.3 is 0 Å². The van der Waals surface area contributed by atoms with Gasteiger partial charge in [-0.2, -0.15) is 0 Å². The van der Waals surface area contributed by atoms with Gasteiger partial charge in [-0.25, -0.2) is 0 Å². The standard InChI is InChI=1S/C9H10BrClN2O/c1-12-5-8(14)13-7-4-2-3-6(11)9(7)10/h2-4,12H,5H2,1H3,(H,13,14). The van der Waals surface area contributed by atoms with Crippen molar-refractivity contribution < 1.29 is 4.79 Å². The molecule has 5 heteroatoms. The second-order valence-electron chi connectivity index (χ2n) is 2.68. The predicted molar refractivity (Wildman–Crippen MR) is 61.7 cm³/mol. The minimum absolute atomic E-state index is 0.101. The van der Waals surface area contributed by atoms with Crippen LogP contribution in [0.3, 0.4) is 0 Å². The Kier molecular flexibility index (Phi) is 4.38. The largest absolute Gasteiger partial charge is 0.324 e. The lowest BCUT2D eigenvalue weighted by molar-refractivity contribution is -0.115. The summed E-state index contributed by atoms with van der Waals surface area (Å²) in [5, 5.41) is 6.06. The summed E-state index contributed by atoms with van der Waals surface area (Å²) in [6.07, 6.45) is 0. The fraction of sp³-hybridized carbons (Fsp3) is 0.222. The van der Waals surface area contributed by atoms with Crippen LogP contribution < -0.4 is 10.6 Å². The molecule has 1 rings (SSSR count). The Balaban J connectivity index is 2.76. The number of amides is 1. The second kappa shape index (κ2) is 5.34. The van der Waals surface area contributed by atoms with Gasteiger partial charge in [-0.15, -0.1) is 0 Å². The molecular formula is C9H10BrClN2O. The Bertz CT molecular complexity index is 344. The smallest absolute Gasteiger partial charge is 0.238 e. The molecule has 0 radical (unpaired) electrons. The molecule has 14 heavy (non-hydrogen) atoms. The Morgan fingerprint density at radius 1 is 1.57 bits per heavy atom. The minimum atomic E-state index is -0.101.